The molecule has 0 aliphatic carbocycles. The highest BCUT2D eigenvalue weighted by molar-refractivity contribution is 6.38. The second-order valence-corrected chi connectivity index (χ2v) is 4.39. The summed E-state index contributed by atoms with van der Waals surface area (Å²) in [5.41, 5.74) is -0.666. The van der Waals surface area contributed by atoms with Crippen LogP contribution in [0.2, 0.25) is 0 Å². The van der Waals surface area contributed by atoms with Gasteiger partial charge in [-0.2, -0.15) is 0 Å². The van der Waals surface area contributed by atoms with Gasteiger partial charge in [0.1, 0.15) is 5.75 Å². The first-order chi connectivity index (χ1) is 7.39. The zero-order valence-corrected chi connectivity index (χ0v) is 9.64. The van der Waals surface area contributed by atoms with Crippen molar-refractivity contribution in [3.63, 3.8) is 0 Å². The Morgan fingerprint density at radius 2 is 1.81 bits per heavy atom. The standard InChI is InChI=1S/C11H15BO4/c1-11(2,3)10(13)16-12(14)15-9-7-5-4-6-8-9/h4-8,14H,1-3H3. The molecule has 1 N–H and O–H groups in total. The Labute approximate surface area is 95.4 Å². The molecule has 0 saturated carbocycles. The Morgan fingerprint density at radius 3 is 2.31 bits per heavy atom. The molecule has 0 heterocycles. The minimum Gasteiger partial charge on any atom is -0.501 e. The van der Waals surface area contributed by atoms with Crippen LogP contribution in [0.15, 0.2) is 30.3 Å². The minimum atomic E-state index is -1.57. The van der Waals surface area contributed by atoms with Gasteiger partial charge in [-0.1, -0.05) is 18.2 Å². The molecule has 0 saturated heterocycles. The third kappa shape index (κ3) is 3.94. The highest BCUT2D eigenvalue weighted by Crippen LogP contribution is 2.16. The van der Waals surface area contributed by atoms with Gasteiger partial charge in [-0.3, -0.25) is 4.79 Å². The van der Waals surface area contributed by atoms with E-state index in [2.05, 4.69) is 0 Å². The quantitative estimate of drug-likeness (QED) is 0.789. The van der Waals surface area contributed by atoms with Crippen LogP contribution in [0.4, 0.5) is 0 Å². The molecular weight excluding hydrogens is 207 g/mol. The molecule has 1 aromatic carbocycles. The molecule has 5 heteroatoms. The Kier molecular flexibility index (Phi) is 3.96. The van der Waals surface area contributed by atoms with Crippen LogP contribution in [0, 0.1) is 5.41 Å². The molecule has 0 amide bonds. The van der Waals surface area contributed by atoms with E-state index in [1.54, 1.807) is 45.0 Å². The van der Waals surface area contributed by atoms with Crippen LogP contribution in [-0.4, -0.2) is 18.3 Å². The zero-order valence-electron chi connectivity index (χ0n) is 9.64. The van der Waals surface area contributed by atoms with Crippen molar-refractivity contribution in [3.8, 4) is 5.75 Å². The Bertz CT molecular complexity index is 345. The van der Waals surface area contributed by atoms with Gasteiger partial charge in [0.25, 0.3) is 5.97 Å². The van der Waals surface area contributed by atoms with Crippen LogP contribution >= 0.6 is 0 Å². The summed E-state index contributed by atoms with van der Waals surface area (Å²) in [5.74, 6) is -0.0763. The molecule has 0 fully saturated rings. The number of carbonyl (C=O) groups excluding carboxylic acids is 1. The van der Waals surface area contributed by atoms with E-state index in [-0.39, 0.29) is 0 Å². The lowest BCUT2D eigenvalue weighted by atomic mass is 9.96. The lowest BCUT2D eigenvalue weighted by molar-refractivity contribution is -0.145. The van der Waals surface area contributed by atoms with Crippen LogP contribution in [-0.2, 0) is 9.45 Å². The van der Waals surface area contributed by atoms with E-state index in [0.29, 0.717) is 5.75 Å². The summed E-state index contributed by atoms with van der Waals surface area (Å²) in [7, 11) is -1.57. The second-order valence-electron chi connectivity index (χ2n) is 4.39. The fourth-order valence-corrected chi connectivity index (χ4v) is 0.908. The van der Waals surface area contributed by atoms with Crippen molar-refractivity contribution >= 4 is 13.3 Å². The largest absolute Gasteiger partial charge is 0.787 e. The zero-order chi connectivity index (χ0) is 12.2. The van der Waals surface area contributed by atoms with Gasteiger partial charge in [0.05, 0.1) is 5.41 Å². The first-order valence-corrected chi connectivity index (χ1v) is 5.00. The number of rotatable bonds is 3. The number of hydrogen-bond acceptors (Lipinski definition) is 4. The average Bonchev–Trinajstić information content (AvgIpc) is 2.17. The van der Waals surface area contributed by atoms with Crippen molar-refractivity contribution in [1.82, 2.24) is 0 Å². The molecule has 0 unspecified atom stereocenters. The maximum Gasteiger partial charge on any atom is 0.787 e. The van der Waals surface area contributed by atoms with Crippen LogP contribution in [0.1, 0.15) is 20.8 Å². The van der Waals surface area contributed by atoms with Gasteiger partial charge in [-0.05, 0) is 32.9 Å². The monoisotopic (exact) mass is 222 g/mol. The highest BCUT2D eigenvalue weighted by Gasteiger charge is 2.31. The number of carbonyl (C=O) groups is 1. The van der Waals surface area contributed by atoms with E-state index in [4.69, 9.17) is 9.31 Å². The number of para-hydroxylation sites is 1. The van der Waals surface area contributed by atoms with Crippen LogP contribution in [0.5, 0.6) is 5.75 Å². The topological polar surface area (TPSA) is 55.8 Å². The van der Waals surface area contributed by atoms with Crippen molar-refractivity contribution in [2.75, 3.05) is 0 Å². The third-order valence-corrected chi connectivity index (χ3v) is 1.80. The average molecular weight is 222 g/mol. The third-order valence-electron chi connectivity index (χ3n) is 1.80. The molecule has 0 aliphatic heterocycles. The van der Waals surface area contributed by atoms with Crippen LogP contribution < -0.4 is 4.65 Å². The second kappa shape index (κ2) is 5.03. The number of hydrogen-bond donors (Lipinski definition) is 1. The van der Waals surface area contributed by atoms with Gasteiger partial charge in [-0.25, -0.2) is 0 Å². The van der Waals surface area contributed by atoms with Crippen LogP contribution in [0.3, 0.4) is 0 Å². The summed E-state index contributed by atoms with van der Waals surface area (Å²) >= 11 is 0. The summed E-state index contributed by atoms with van der Waals surface area (Å²) in [6, 6.07) is 8.66. The molecule has 1 rings (SSSR count). The maximum absolute atomic E-state index is 11.4. The lowest BCUT2D eigenvalue weighted by Gasteiger charge is -2.18. The molecule has 0 spiro atoms. The van der Waals surface area contributed by atoms with Crippen molar-refractivity contribution in [1.29, 1.82) is 0 Å². The van der Waals surface area contributed by atoms with Crippen LogP contribution in [0.25, 0.3) is 0 Å². The van der Waals surface area contributed by atoms with Gasteiger partial charge < -0.3 is 14.3 Å². The lowest BCUT2D eigenvalue weighted by Crippen LogP contribution is -2.34. The first kappa shape index (κ1) is 12.6. The molecular formula is C11H15BO4. The van der Waals surface area contributed by atoms with E-state index in [9.17, 15) is 9.82 Å². The maximum atomic E-state index is 11.4. The van der Waals surface area contributed by atoms with E-state index in [1.807, 2.05) is 6.07 Å². The van der Waals surface area contributed by atoms with Gasteiger partial charge in [0, 0.05) is 0 Å². The molecule has 0 atom stereocenters. The fourth-order valence-electron chi connectivity index (χ4n) is 0.908. The van der Waals surface area contributed by atoms with Gasteiger partial charge in [-0.15, -0.1) is 0 Å². The Morgan fingerprint density at radius 1 is 1.25 bits per heavy atom. The predicted molar refractivity (Wildman–Crippen MR) is 60.6 cm³/mol. The molecule has 0 aromatic heterocycles. The van der Waals surface area contributed by atoms with E-state index < -0.39 is 18.7 Å². The molecule has 86 valence electrons. The Hall–Kier alpha value is -1.49. The van der Waals surface area contributed by atoms with Crippen molar-refractivity contribution in [3.05, 3.63) is 30.3 Å². The van der Waals surface area contributed by atoms with E-state index in [1.165, 1.54) is 0 Å². The molecule has 16 heavy (non-hydrogen) atoms. The minimum absolute atomic E-state index is 0.441. The molecule has 1 aromatic rings. The Balaban J connectivity index is 2.49. The summed E-state index contributed by atoms with van der Waals surface area (Å²) in [6.45, 7) is 5.10. The predicted octanol–water partition coefficient (Wildman–Crippen LogP) is 1.63. The van der Waals surface area contributed by atoms with Crippen molar-refractivity contribution < 1.29 is 19.1 Å². The number of benzene rings is 1. The summed E-state index contributed by atoms with van der Waals surface area (Å²) < 4.78 is 9.71. The van der Waals surface area contributed by atoms with E-state index >= 15 is 0 Å². The van der Waals surface area contributed by atoms with E-state index in [0.717, 1.165) is 0 Å². The molecule has 0 bridgehead atoms. The summed E-state index contributed by atoms with van der Waals surface area (Å²) in [4.78, 5) is 11.4. The summed E-state index contributed by atoms with van der Waals surface area (Å²) in [5, 5.41) is 9.37. The normalized spacial score (nSPS) is 10.8. The molecule has 4 nitrogen and oxygen atoms in total. The molecule has 0 aliphatic rings. The van der Waals surface area contributed by atoms with Crippen molar-refractivity contribution in [2.45, 2.75) is 20.8 Å². The van der Waals surface area contributed by atoms with Gasteiger partial charge in [0.15, 0.2) is 0 Å². The SMILES string of the molecule is CC(C)(C)C(=O)OB(O)Oc1ccccc1. The fraction of sp³-hybridized carbons (Fsp3) is 0.364. The molecule has 0 radical (unpaired) electrons. The first-order valence-electron chi connectivity index (χ1n) is 5.00. The van der Waals surface area contributed by atoms with Crippen molar-refractivity contribution in [2.24, 2.45) is 5.41 Å². The highest BCUT2D eigenvalue weighted by atomic mass is 16.7. The van der Waals surface area contributed by atoms with Gasteiger partial charge >= 0.3 is 7.32 Å². The summed E-state index contributed by atoms with van der Waals surface area (Å²) in [6.07, 6.45) is 0. The van der Waals surface area contributed by atoms with Gasteiger partial charge in [0.2, 0.25) is 0 Å². The smallest absolute Gasteiger partial charge is 0.501 e.